The van der Waals surface area contributed by atoms with E-state index in [0.29, 0.717) is 17.2 Å². The molecule has 0 saturated heterocycles. The standard InChI is InChI=1S/C18H22F2N2O4S/c1-12-8-17(22-26-12)13-2-4-16(5-3-13)25-11-15-9-18(19,20)7-6-14(15)10-21-27(23)24/h2-5,8,14-15,27H,6-7,9-11H2,1H3,(H,21,23,24)/t14-,15+/m1/s1. The maximum Gasteiger partial charge on any atom is 0.248 e. The minimum absolute atomic E-state index is 0.111. The molecule has 1 aliphatic rings. The molecule has 148 valence electrons. The van der Waals surface area contributed by atoms with Crippen LogP contribution in [0.15, 0.2) is 34.9 Å². The molecule has 0 aliphatic heterocycles. The Bertz CT molecular complexity index is 828. The lowest BCUT2D eigenvalue weighted by molar-refractivity contribution is -0.0756. The molecule has 2 atom stereocenters. The number of nitrogens with one attached hydrogen (secondary N) is 1. The van der Waals surface area contributed by atoms with Gasteiger partial charge in [-0.1, -0.05) is 5.16 Å². The van der Waals surface area contributed by atoms with Crippen LogP contribution in [0.5, 0.6) is 5.75 Å². The number of aromatic nitrogens is 1. The molecule has 6 nitrogen and oxygen atoms in total. The highest BCUT2D eigenvalue weighted by atomic mass is 32.2. The Balaban J connectivity index is 1.62. The van der Waals surface area contributed by atoms with Gasteiger partial charge in [0.1, 0.15) is 17.2 Å². The molecule has 27 heavy (non-hydrogen) atoms. The molecule has 2 aromatic rings. The smallest absolute Gasteiger partial charge is 0.248 e. The summed E-state index contributed by atoms with van der Waals surface area (Å²) in [6.07, 6.45) is -0.260. The highest BCUT2D eigenvalue weighted by Gasteiger charge is 2.41. The van der Waals surface area contributed by atoms with E-state index in [4.69, 9.17) is 9.26 Å². The molecule has 1 fully saturated rings. The topological polar surface area (TPSA) is 81.4 Å². The van der Waals surface area contributed by atoms with Crippen molar-refractivity contribution < 1.29 is 26.5 Å². The second-order valence-electron chi connectivity index (χ2n) is 6.90. The molecule has 1 heterocycles. The van der Waals surface area contributed by atoms with Gasteiger partial charge in [-0.3, -0.25) is 0 Å². The first-order valence-corrected chi connectivity index (χ1v) is 9.92. The Morgan fingerprint density at radius 1 is 1.30 bits per heavy atom. The van der Waals surface area contributed by atoms with E-state index in [1.807, 2.05) is 25.1 Å². The van der Waals surface area contributed by atoms with Gasteiger partial charge in [-0.25, -0.2) is 21.9 Å². The van der Waals surface area contributed by atoms with Gasteiger partial charge in [0, 0.05) is 36.9 Å². The van der Waals surface area contributed by atoms with Crippen molar-refractivity contribution in [2.45, 2.75) is 32.1 Å². The fourth-order valence-electron chi connectivity index (χ4n) is 3.37. The number of ether oxygens (including phenoxy) is 1. The van der Waals surface area contributed by atoms with Crippen LogP contribution in [0.25, 0.3) is 11.3 Å². The van der Waals surface area contributed by atoms with Gasteiger partial charge in [-0.2, -0.15) is 0 Å². The Morgan fingerprint density at radius 3 is 2.67 bits per heavy atom. The number of aryl methyl sites for hydroxylation is 1. The van der Waals surface area contributed by atoms with E-state index >= 15 is 0 Å². The van der Waals surface area contributed by atoms with Crippen LogP contribution in [-0.4, -0.2) is 32.6 Å². The van der Waals surface area contributed by atoms with Crippen molar-refractivity contribution >= 4 is 10.9 Å². The lowest BCUT2D eigenvalue weighted by Crippen LogP contribution is -2.39. The van der Waals surface area contributed by atoms with Gasteiger partial charge >= 0.3 is 0 Å². The summed E-state index contributed by atoms with van der Waals surface area (Å²) >= 11 is 0. The molecule has 0 bridgehead atoms. The van der Waals surface area contributed by atoms with Crippen molar-refractivity contribution in [1.82, 2.24) is 9.88 Å². The van der Waals surface area contributed by atoms with Crippen molar-refractivity contribution in [2.24, 2.45) is 11.8 Å². The largest absolute Gasteiger partial charge is 0.493 e. The third-order valence-electron chi connectivity index (χ3n) is 4.83. The number of hydrogen-bond donors (Lipinski definition) is 2. The summed E-state index contributed by atoms with van der Waals surface area (Å²) in [6, 6.07) is 8.97. The van der Waals surface area contributed by atoms with Crippen molar-refractivity contribution in [3.63, 3.8) is 0 Å². The molecule has 9 heteroatoms. The van der Waals surface area contributed by atoms with Gasteiger partial charge < -0.3 is 9.26 Å². The summed E-state index contributed by atoms with van der Waals surface area (Å²) in [5.74, 6) is -2.06. The molecule has 1 saturated carbocycles. The molecule has 1 N–H and O–H groups in total. The van der Waals surface area contributed by atoms with E-state index in [1.165, 1.54) is 0 Å². The fraction of sp³-hybridized carbons (Fsp3) is 0.500. The zero-order valence-electron chi connectivity index (χ0n) is 14.9. The Labute approximate surface area is 158 Å². The van der Waals surface area contributed by atoms with Crippen molar-refractivity contribution in [1.29, 1.82) is 0 Å². The molecule has 3 rings (SSSR count). The number of hydrogen-bond acceptors (Lipinski definition) is 5. The number of benzene rings is 1. The fourth-order valence-corrected chi connectivity index (χ4v) is 3.75. The summed E-state index contributed by atoms with van der Waals surface area (Å²) in [5, 5.41) is 3.94. The van der Waals surface area contributed by atoms with Crippen LogP contribution in [0.4, 0.5) is 8.78 Å². The van der Waals surface area contributed by atoms with Crippen molar-refractivity contribution in [2.75, 3.05) is 13.2 Å². The summed E-state index contributed by atoms with van der Waals surface area (Å²) in [7, 11) is -2.74. The zero-order chi connectivity index (χ0) is 19.4. The van der Waals surface area contributed by atoms with Crippen LogP contribution >= 0.6 is 0 Å². The van der Waals surface area contributed by atoms with E-state index in [2.05, 4.69) is 9.88 Å². The second kappa shape index (κ2) is 8.35. The third-order valence-corrected chi connectivity index (χ3v) is 5.27. The molecule has 1 aromatic heterocycles. The van der Waals surface area contributed by atoms with Crippen LogP contribution in [0.1, 0.15) is 25.0 Å². The van der Waals surface area contributed by atoms with Gasteiger partial charge in [-0.15, -0.1) is 0 Å². The summed E-state index contributed by atoms with van der Waals surface area (Å²) in [5.41, 5.74) is 1.58. The maximum atomic E-state index is 13.8. The van der Waals surface area contributed by atoms with E-state index in [1.54, 1.807) is 12.1 Å². The average molecular weight is 400 g/mol. The molecular formula is C18H22F2N2O4S. The number of nitrogens with zero attached hydrogens (tertiary/aromatic N) is 1. The van der Waals surface area contributed by atoms with Crippen molar-refractivity contribution in [3.05, 3.63) is 36.1 Å². The predicted molar refractivity (Wildman–Crippen MR) is 96.3 cm³/mol. The van der Waals surface area contributed by atoms with Gasteiger partial charge in [0.25, 0.3) is 0 Å². The minimum Gasteiger partial charge on any atom is -0.493 e. The molecule has 0 spiro atoms. The third kappa shape index (κ3) is 5.49. The average Bonchev–Trinajstić information content (AvgIpc) is 3.05. The van der Waals surface area contributed by atoms with E-state index in [0.717, 1.165) is 5.56 Å². The molecule has 0 amide bonds. The van der Waals surface area contributed by atoms with Crippen LogP contribution < -0.4 is 9.46 Å². The normalized spacial score (nSPS) is 22.1. The Kier molecular flexibility index (Phi) is 6.11. The van der Waals surface area contributed by atoms with Crippen LogP contribution in [-0.2, 0) is 10.9 Å². The highest BCUT2D eigenvalue weighted by molar-refractivity contribution is 7.70. The lowest BCUT2D eigenvalue weighted by Gasteiger charge is -2.35. The van der Waals surface area contributed by atoms with Crippen molar-refractivity contribution in [3.8, 4) is 17.0 Å². The lowest BCUT2D eigenvalue weighted by atomic mass is 9.78. The first kappa shape index (κ1) is 19.8. The minimum atomic E-state index is -2.74. The van der Waals surface area contributed by atoms with Crippen LogP contribution in [0, 0.1) is 18.8 Å². The number of rotatable bonds is 7. The number of halogens is 2. The maximum absolute atomic E-state index is 13.8. The zero-order valence-corrected chi connectivity index (χ0v) is 15.8. The van der Waals surface area contributed by atoms with Crippen LogP contribution in [0.2, 0.25) is 0 Å². The number of alkyl halides is 2. The van der Waals surface area contributed by atoms with E-state index < -0.39 is 22.7 Å². The first-order chi connectivity index (χ1) is 12.8. The molecule has 1 aliphatic carbocycles. The summed E-state index contributed by atoms with van der Waals surface area (Å²) in [6.45, 7) is 2.08. The second-order valence-corrected chi connectivity index (χ2v) is 7.73. The molecule has 0 unspecified atom stereocenters. The van der Waals surface area contributed by atoms with Gasteiger partial charge in [0.2, 0.25) is 16.8 Å². The Hall–Kier alpha value is -2.00. The SMILES string of the molecule is Cc1cc(-c2ccc(OC[C@@H]3CC(F)(F)CC[C@@H]3CN[SH](=O)=O)cc2)no1. The Morgan fingerprint density at radius 2 is 2.04 bits per heavy atom. The molecular weight excluding hydrogens is 378 g/mol. The molecule has 1 aromatic carbocycles. The number of thiol groups is 1. The highest BCUT2D eigenvalue weighted by Crippen LogP contribution is 2.40. The quantitative estimate of drug-likeness (QED) is 0.698. The van der Waals surface area contributed by atoms with Gasteiger partial charge in [0.05, 0.1) is 6.61 Å². The van der Waals surface area contributed by atoms with Gasteiger partial charge in [0.15, 0.2) is 0 Å². The monoisotopic (exact) mass is 400 g/mol. The molecule has 0 radical (unpaired) electrons. The predicted octanol–water partition coefficient (Wildman–Crippen LogP) is 3.20. The summed E-state index contributed by atoms with van der Waals surface area (Å²) in [4.78, 5) is 0. The van der Waals surface area contributed by atoms with E-state index in [-0.39, 0.29) is 38.3 Å². The van der Waals surface area contributed by atoms with E-state index in [9.17, 15) is 17.2 Å². The van der Waals surface area contributed by atoms with Gasteiger partial charge in [-0.05, 0) is 43.5 Å². The first-order valence-electron chi connectivity index (χ1n) is 8.75. The summed E-state index contributed by atoms with van der Waals surface area (Å²) < 4.78 is 62.1. The van der Waals surface area contributed by atoms with Crippen LogP contribution in [0.3, 0.4) is 0 Å².